The fourth-order valence-corrected chi connectivity index (χ4v) is 3.95. The van der Waals surface area contributed by atoms with Crippen molar-refractivity contribution in [3.05, 3.63) is 71.8 Å². The molecule has 4 aromatic rings. The monoisotopic (exact) mass is 548 g/mol. The minimum atomic E-state index is -0.639. The summed E-state index contributed by atoms with van der Waals surface area (Å²) in [7, 11) is 2.41. The van der Waals surface area contributed by atoms with Crippen LogP contribution < -0.4 is 10.6 Å². The quantitative estimate of drug-likeness (QED) is 0.118. The van der Waals surface area contributed by atoms with Crippen LogP contribution in [0.15, 0.2) is 60.7 Å². The molecule has 40 heavy (non-hydrogen) atoms. The predicted molar refractivity (Wildman–Crippen MR) is 144 cm³/mol. The van der Waals surface area contributed by atoms with Crippen LogP contribution in [0.2, 0.25) is 0 Å². The van der Waals surface area contributed by atoms with Crippen LogP contribution in [0.1, 0.15) is 20.7 Å². The van der Waals surface area contributed by atoms with Crippen molar-refractivity contribution in [3.8, 4) is 45.6 Å². The minimum absolute atomic E-state index is 0.0788. The third-order valence-electron chi connectivity index (χ3n) is 5.84. The summed E-state index contributed by atoms with van der Waals surface area (Å²) in [6.07, 6.45) is 0. The summed E-state index contributed by atoms with van der Waals surface area (Å²) in [5, 5.41) is 68.6. The largest absolute Gasteiger partial charge is 0.507 e. The molecule has 0 aliphatic heterocycles. The van der Waals surface area contributed by atoms with Crippen LogP contribution in [-0.4, -0.2) is 56.8 Å². The predicted octanol–water partition coefficient (Wildman–Crippen LogP) is 4.65. The lowest BCUT2D eigenvalue weighted by molar-refractivity contribution is 0.0592. The van der Waals surface area contributed by atoms with E-state index in [2.05, 4.69) is 20.1 Å². The topological polar surface area (TPSA) is 198 Å². The SMILES string of the molecule is COC(=O)c1ccc(O)c(Nc2cc(O)c(-c3c(O)cc(Nc4cc(C(=O)OC)ccc4O)cc3O)c(O)c2)c1. The number of aromatic hydroxyl groups is 6. The number of esters is 2. The van der Waals surface area contributed by atoms with Crippen LogP contribution in [0.5, 0.6) is 34.5 Å². The molecule has 0 saturated carbocycles. The highest BCUT2D eigenvalue weighted by Crippen LogP contribution is 2.49. The van der Waals surface area contributed by atoms with Gasteiger partial charge in [-0.15, -0.1) is 0 Å². The molecule has 0 bridgehead atoms. The molecule has 0 spiro atoms. The van der Waals surface area contributed by atoms with E-state index in [9.17, 15) is 40.2 Å². The molecule has 0 aromatic heterocycles. The van der Waals surface area contributed by atoms with E-state index in [0.29, 0.717) is 0 Å². The highest BCUT2D eigenvalue weighted by molar-refractivity contribution is 5.93. The van der Waals surface area contributed by atoms with Crippen LogP contribution >= 0.6 is 0 Å². The number of phenolic OH excluding ortho intramolecular Hbond substituents is 6. The first-order valence-corrected chi connectivity index (χ1v) is 11.5. The van der Waals surface area contributed by atoms with E-state index in [1.807, 2.05) is 0 Å². The van der Waals surface area contributed by atoms with Gasteiger partial charge in [0.2, 0.25) is 0 Å². The maximum absolute atomic E-state index is 11.8. The molecule has 8 N–H and O–H groups in total. The molecular formula is C28H24N2O10. The summed E-state index contributed by atoms with van der Waals surface area (Å²) in [6, 6.07) is 12.5. The fourth-order valence-electron chi connectivity index (χ4n) is 3.95. The van der Waals surface area contributed by atoms with Crippen LogP contribution in [0, 0.1) is 0 Å². The van der Waals surface area contributed by atoms with Gasteiger partial charge in [-0.1, -0.05) is 0 Å². The molecule has 12 nitrogen and oxygen atoms in total. The molecule has 0 atom stereocenters. The van der Waals surface area contributed by atoms with E-state index < -0.39 is 34.9 Å². The van der Waals surface area contributed by atoms with Crippen molar-refractivity contribution in [1.29, 1.82) is 0 Å². The maximum atomic E-state index is 11.8. The molecule has 12 heteroatoms. The smallest absolute Gasteiger partial charge is 0.337 e. The van der Waals surface area contributed by atoms with Gasteiger partial charge in [-0.25, -0.2) is 9.59 Å². The number of carbonyl (C=O) groups excluding carboxylic acids is 2. The Kier molecular flexibility index (Phi) is 7.44. The summed E-state index contributed by atoms with van der Waals surface area (Å²) in [5.74, 6) is -3.89. The first-order valence-electron chi connectivity index (χ1n) is 11.5. The molecule has 0 saturated heterocycles. The molecule has 0 heterocycles. The Labute approximate surface area is 226 Å². The summed E-state index contributed by atoms with van der Waals surface area (Å²) in [4.78, 5) is 23.6. The maximum Gasteiger partial charge on any atom is 0.337 e. The number of methoxy groups -OCH3 is 2. The lowest BCUT2D eigenvalue weighted by Crippen LogP contribution is -2.02. The normalized spacial score (nSPS) is 10.6. The molecule has 0 radical (unpaired) electrons. The Morgan fingerprint density at radius 1 is 0.525 bits per heavy atom. The number of ether oxygens (including phenoxy) is 2. The van der Waals surface area contributed by atoms with Crippen LogP contribution in [0.3, 0.4) is 0 Å². The van der Waals surface area contributed by atoms with Gasteiger partial charge in [0.05, 0.1) is 47.8 Å². The molecule has 0 fully saturated rings. The third-order valence-corrected chi connectivity index (χ3v) is 5.84. The van der Waals surface area contributed by atoms with Gasteiger partial charge in [-0.3, -0.25) is 0 Å². The minimum Gasteiger partial charge on any atom is -0.507 e. The van der Waals surface area contributed by atoms with E-state index in [1.165, 1.54) is 74.9 Å². The van der Waals surface area contributed by atoms with Crippen molar-refractivity contribution in [2.45, 2.75) is 0 Å². The van der Waals surface area contributed by atoms with Crippen LogP contribution in [0.4, 0.5) is 22.7 Å². The van der Waals surface area contributed by atoms with E-state index >= 15 is 0 Å². The molecular weight excluding hydrogens is 524 g/mol. The number of carbonyl (C=O) groups is 2. The molecule has 0 amide bonds. The van der Waals surface area contributed by atoms with Crippen molar-refractivity contribution in [2.75, 3.05) is 24.9 Å². The van der Waals surface area contributed by atoms with E-state index in [4.69, 9.17) is 0 Å². The second kappa shape index (κ2) is 10.9. The van der Waals surface area contributed by atoms with E-state index in [1.54, 1.807) is 0 Å². The number of benzene rings is 4. The Balaban J connectivity index is 1.66. The van der Waals surface area contributed by atoms with Crippen molar-refractivity contribution in [2.24, 2.45) is 0 Å². The lowest BCUT2D eigenvalue weighted by atomic mass is 9.99. The molecule has 206 valence electrons. The van der Waals surface area contributed by atoms with Gasteiger partial charge in [-0.05, 0) is 36.4 Å². The average Bonchev–Trinajstić information content (AvgIpc) is 2.91. The highest BCUT2D eigenvalue weighted by Gasteiger charge is 2.21. The van der Waals surface area contributed by atoms with Gasteiger partial charge in [-0.2, -0.15) is 0 Å². The van der Waals surface area contributed by atoms with Gasteiger partial charge in [0.15, 0.2) is 0 Å². The number of phenols is 6. The molecule has 4 rings (SSSR count). The van der Waals surface area contributed by atoms with E-state index in [-0.39, 0.29) is 56.5 Å². The van der Waals surface area contributed by atoms with Gasteiger partial charge in [0.1, 0.15) is 34.5 Å². The molecule has 0 aliphatic rings. The van der Waals surface area contributed by atoms with Gasteiger partial charge in [0.25, 0.3) is 0 Å². The van der Waals surface area contributed by atoms with Gasteiger partial charge >= 0.3 is 11.9 Å². The second-order valence-corrected chi connectivity index (χ2v) is 8.48. The van der Waals surface area contributed by atoms with Crippen LogP contribution in [-0.2, 0) is 9.47 Å². The zero-order valence-corrected chi connectivity index (χ0v) is 21.1. The first-order chi connectivity index (χ1) is 19.0. The average molecular weight is 549 g/mol. The highest BCUT2D eigenvalue weighted by atomic mass is 16.5. The Bertz CT molecular complexity index is 1470. The second-order valence-electron chi connectivity index (χ2n) is 8.48. The number of nitrogens with one attached hydrogen (secondary N) is 2. The summed E-state index contributed by atoms with van der Waals surface area (Å²) in [6.45, 7) is 0. The Morgan fingerprint density at radius 2 is 0.850 bits per heavy atom. The van der Waals surface area contributed by atoms with Crippen molar-refractivity contribution >= 4 is 34.7 Å². The number of rotatable bonds is 7. The zero-order chi connectivity index (χ0) is 29.1. The Hall–Kier alpha value is -5.78. The molecule has 0 unspecified atom stereocenters. The summed E-state index contributed by atoms with van der Waals surface area (Å²) in [5.41, 5.74) is 0.0580. The molecule has 0 aliphatic carbocycles. The zero-order valence-electron chi connectivity index (χ0n) is 21.1. The first kappa shape index (κ1) is 27.3. The molecule has 4 aromatic carbocycles. The summed E-state index contributed by atoms with van der Waals surface area (Å²) >= 11 is 0. The Morgan fingerprint density at radius 3 is 1.15 bits per heavy atom. The number of hydrogen-bond donors (Lipinski definition) is 8. The standard InChI is InChI=1S/C28H24N2O10/c1-39-27(37)13-3-5-19(31)17(7-13)29-15-9-21(33)25(22(34)10-15)26-23(35)11-16(12-24(26)36)30-18-8-14(28(38)40-2)4-6-20(18)32/h3-12,29-36H,1-2H3. The number of hydrogen-bond acceptors (Lipinski definition) is 12. The summed E-state index contributed by atoms with van der Waals surface area (Å²) < 4.78 is 9.32. The number of anilines is 4. The van der Waals surface area contributed by atoms with Crippen LogP contribution in [0.25, 0.3) is 11.1 Å². The van der Waals surface area contributed by atoms with Gasteiger partial charge < -0.3 is 50.7 Å². The van der Waals surface area contributed by atoms with E-state index in [0.717, 1.165) is 0 Å². The van der Waals surface area contributed by atoms with Crippen molar-refractivity contribution < 1.29 is 49.7 Å². The van der Waals surface area contributed by atoms with Crippen molar-refractivity contribution in [3.63, 3.8) is 0 Å². The third kappa shape index (κ3) is 5.41. The fraction of sp³-hybridized carbons (Fsp3) is 0.0714. The van der Waals surface area contributed by atoms with Crippen molar-refractivity contribution in [1.82, 2.24) is 0 Å². The lowest BCUT2D eigenvalue weighted by Gasteiger charge is -2.16. The van der Waals surface area contributed by atoms with Gasteiger partial charge in [0, 0.05) is 35.6 Å².